The van der Waals surface area contributed by atoms with E-state index >= 15 is 0 Å². The van der Waals surface area contributed by atoms with E-state index in [0.717, 1.165) is 83.5 Å². The molecule has 0 spiro atoms. The summed E-state index contributed by atoms with van der Waals surface area (Å²) in [5, 5.41) is 10.4. The van der Waals surface area contributed by atoms with Crippen LogP contribution in [0.3, 0.4) is 0 Å². The fourth-order valence-corrected chi connectivity index (χ4v) is 3.45. The molecule has 1 aromatic heterocycles. The lowest BCUT2D eigenvalue weighted by atomic mass is 9.96. The first-order valence-corrected chi connectivity index (χ1v) is 9.33. The molecule has 148 valence electrons. The normalized spacial score (nSPS) is 21.7. The Morgan fingerprint density at radius 2 is 2.27 bits per heavy atom. The van der Waals surface area contributed by atoms with Crippen LogP contribution in [0.2, 0.25) is 0 Å². The van der Waals surface area contributed by atoms with Crippen LogP contribution in [0.15, 0.2) is 11.3 Å². The second-order valence-electron chi connectivity index (χ2n) is 6.76. The summed E-state index contributed by atoms with van der Waals surface area (Å²) in [7, 11) is 1.85. The van der Waals surface area contributed by atoms with Gasteiger partial charge in [0.2, 0.25) is 0 Å². The molecule has 3 rings (SSSR count). The number of aromatic amines is 1. The lowest BCUT2D eigenvalue weighted by Gasteiger charge is -2.33. The standard InChI is InChI=1S/C17H30N6O2.HI/c1-18-17(19-6-2-9-24-11-14-5-10-25-12-14)23-7-3-15(4-8-23)16-20-13-21-22-16;/h13-15H,2-12H2,1H3,(H,18,19)(H,20,21,22);1H. The molecule has 1 atom stereocenters. The van der Waals surface area contributed by atoms with E-state index in [1.165, 1.54) is 0 Å². The number of nitrogens with zero attached hydrogens (tertiary/aromatic N) is 4. The molecule has 2 aliphatic rings. The smallest absolute Gasteiger partial charge is 0.193 e. The highest BCUT2D eigenvalue weighted by Gasteiger charge is 2.24. The molecule has 1 unspecified atom stereocenters. The maximum absolute atomic E-state index is 5.74. The van der Waals surface area contributed by atoms with Crippen LogP contribution in [0.5, 0.6) is 0 Å². The number of ether oxygens (including phenoxy) is 2. The molecular weight excluding hydrogens is 447 g/mol. The Kier molecular flexibility index (Phi) is 9.62. The van der Waals surface area contributed by atoms with E-state index in [1.807, 2.05) is 7.05 Å². The number of aromatic nitrogens is 3. The molecule has 2 saturated heterocycles. The zero-order valence-electron chi connectivity index (χ0n) is 15.5. The molecule has 2 fully saturated rings. The van der Waals surface area contributed by atoms with E-state index in [4.69, 9.17) is 9.47 Å². The Labute approximate surface area is 172 Å². The van der Waals surface area contributed by atoms with Gasteiger partial charge in [-0.3, -0.25) is 10.1 Å². The number of H-pyrrole nitrogens is 1. The number of aliphatic imine (C=N–C) groups is 1. The zero-order chi connectivity index (χ0) is 17.3. The van der Waals surface area contributed by atoms with Gasteiger partial charge in [0.25, 0.3) is 0 Å². The SMILES string of the molecule is CN=C(NCCCOCC1CCOC1)N1CCC(c2ncn[nH]2)CC1.I. The van der Waals surface area contributed by atoms with Crippen molar-refractivity contribution in [3.63, 3.8) is 0 Å². The van der Waals surface area contributed by atoms with Crippen LogP contribution < -0.4 is 5.32 Å². The van der Waals surface area contributed by atoms with Gasteiger partial charge in [-0.05, 0) is 25.7 Å². The predicted octanol–water partition coefficient (Wildman–Crippen LogP) is 1.62. The second-order valence-corrected chi connectivity index (χ2v) is 6.76. The van der Waals surface area contributed by atoms with Gasteiger partial charge in [0.1, 0.15) is 12.2 Å². The van der Waals surface area contributed by atoms with Gasteiger partial charge in [0.05, 0.1) is 13.2 Å². The summed E-state index contributed by atoms with van der Waals surface area (Å²) < 4.78 is 11.1. The van der Waals surface area contributed by atoms with E-state index < -0.39 is 0 Å². The van der Waals surface area contributed by atoms with Gasteiger partial charge in [-0.25, -0.2) is 4.98 Å². The van der Waals surface area contributed by atoms with Crippen LogP contribution in [0.25, 0.3) is 0 Å². The van der Waals surface area contributed by atoms with Crippen LogP contribution in [-0.4, -0.2) is 79.2 Å². The molecule has 3 heterocycles. The molecule has 2 aliphatic heterocycles. The third kappa shape index (κ3) is 6.34. The number of likely N-dealkylation sites (tertiary alicyclic amines) is 1. The Balaban J connectivity index is 0.00000243. The Bertz CT molecular complexity index is 513. The highest BCUT2D eigenvalue weighted by Crippen LogP contribution is 2.24. The molecule has 0 saturated carbocycles. The van der Waals surface area contributed by atoms with Crippen molar-refractivity contribution >= 4 is 29.9 Å². The summed E-state index contributed by atoms with van der Waals surface area (Å²) in [4.78, 5) is 11.0. The number of piperidine rings is 1. The van der Waals surface area contributed by atoms with Crippen LogP contribution in [0.4, 0.5) is 0 Å². The van der Waals surface area contributed by atoms with Crippen molar-refractivity contribution in [2.24, 2.45) is 10.9 Å². The van der Waals surface area contributed by atoms with Gasteiger partial charge < -0.3 is 19.7 Å². The summed E-state index contributed by atoms with van der Waals surface area (Å²) >= 11 is 0. The van der Waals surface area contributed by atoms with Crippen molar-refractivity contribution in [2.45, 2.75) is 31.6 Å². The van der Waals surface area contributed by atoms with E-state index in [1.54, 1.807) is 6.33 Å². The molecule has 0 amide bonds. The highest BCUT2D eigenvalue weighted by molar-refractivity contribution is 14.0. The summed E-state index contributed by atoms with van der Waals surface area (Å²) in [5.74, 6) is 3.06. The van der Waals surface area contributed by atoms with E-state index in [2.05, 4.69) is 30.4 Å². The molecule has 1 aromatic rings. The quantitative estimate of drug-likeness (QED) is 0.268. The number of hydrogen-bond acceptors (Lipinski definition) is 5. The van der Waals surface area contributed by atoms with Crippen molar-refractivity contribution in [3.05, 3.63) is 12.2 Å². The fourth-order valence-electron chi connectivity index (χ4n) is 3.45. The predicted molar refractivity (Wildman–Crippen MR) is 111 cm³/mol. The summed E-state index contributed by atoms with van der Waals surface area (Å²) in [6, 6.07) is 0. The van der Waals surface area contributed by atoms with E-state index in [0.29, 0.717) is 11.8 Å². The minimum atomic E-state index is 0. The average molecular weight is 478 g/mol. The van der Waals surface area contributed by atoms with Crippen LogP contribution in [0, 0.1) is 5.92 Å². The summed E-state index contributed by atoms with van der Waals surface area (Å²) in [6.07, 6.45) is 5.85. The summed E-state index contributed by atoms with van der Waals surface area (Å²) in [5.41, 5.74) is 0. The minimum Gasteiger partial charge on any atom is -0.381 e. The van der Waals surface area contributed by atoms with Crippen LogP contribution >= 0.6 is 24.0 Å². The van der Waals surface area contributed by atoms with Gasteiger partial charge in [-0.15, -0.1) is 24.0 Å². The molecule has 0 aromatic carbocycles. The fraction of sp³-hybridized carbons (Fsp3) is 0.824. The van der Waals surface area contributed by atoms with Crippen LogP contribution in [0.1, 0.15) is 37.4 Å². The number of hydrogen-bond donors (Lipinski definition) is 2. The lowest BCUT2D eigenvalue weighted by Crippen LogP contribution is -2.45. The van der Waals surface area contributed by atoms with Gasteiger partial charge in [0.15, 0.2) is 5.96 Å². The first kappa shape index (κ1) is 21.4. The van der Waals surface area contributed by atoms with E-state index in [9.17, 15) is 0 Å². The Morgan fingerprint density at radius 3 is 2.92 bits per heavy atom. The molecule has 0 bridgehead atoms. The number of guanidine groups is 1. The lowest BCUT2D eigenvalue weighted by molar-refractivity contribution is 0.0887. The van der Waals surface area contributed by atoms with Crippen molar-refractivity contribution in [1.29, 1.82) is 0 Å². The molecule has 9 heteroatoms. The minimum absolute atomic E-state index is 0. The second kappa shape index (κ2) is 11.7. The maximum atomic E-state index is 5.74. The van der Waals surface area contributed by atoms with E-state index in [-0.39, 0.29) is 24.0 Å². The first-order valence-electron chi connectivity index (χ1n) is 9.33. The number of rotatable bonds is 7. The van der Waals surface area contributed by atoms with Crippen molar-refractivity contribution in [1.82, 2.24) is 25.4 Å². The molecule has 26 heavy (non-hydrogen) atoms. The molecule has 2 N–H and O–H groups in total. The van der Waals surface area contributed by atoms with Gasteiger partial charge >= 0.3 is 0 Å². The third-order valence-corrected chi connectivity index (χ3v) is 4.95. The number of nitrogens with one attached hydrogen (secondary N) is 2. The van der Waals surface area contributed by atoms with Crippen molar-refractivity contribution in [2.75, 3.05) is 53.1 Å². The molecule has 8 nitrogen and oxygen atoms in total. The van der Waals surface area contributed by atoms with Gasteiger partial charge in [-0.1, -0.05) is 0 Å². The zero-order valence-corrected chi connectivity index (χ0v) is 17.9. The highest BCUT2D eigenvalue weighted by atomic mass is 127. The maximum Gasteiger partial charge on any atom is 0.193 e. The van der Waals surface area contributed by atoms with Crippen LogP contribution in [-0.2, 0) is 9.47 Å². The van der Waals surface area contributed by atoms with Crippen molar-refractivity contribution in [3.8, 4) is 0 Å². The molecular formula is C17H31IN6O2. The third-order valence-electron chi connectivity index (χ3n) is 4.95. The number of halogens is 1. The average Bonchev–Trinajstić information content (AvgIpc) is 3.35. The topological polar surface area (TPSA) is 87.7 Å². The van der Waals surface area contributed by atoms with Gasteiger partial charge in [-0.2, -0.15) is 5.10 Å². The van der Waals surface area contributed by atoms with Crippen molar-refractivity contribution < 1.29 is 9.47 Å². The van der Waals surface area contributed by atoms with Gasteiger partial charge in [0, 0.05) is 51.7 Å². The Hall–Kier alpha value is -0.940. The Morgan fingerprint density at radius 1 is 1.42 bits per heavy atom. The largest absolute Gasteiger partial charge is 0.381 e. The molecule has 0 aliphatic carbocycles. The first-order chi connectivity index (χ1) is 12.4. The monoisotopic (exact) mass is 478 g/mol. The molecule has 0 radical (unpaired) electrons. The summed E-state index contributed by atoms with van der Waals surface area (Å²) in [6.45, 7) is 6.22.